The van der Waals surface area contributed by atoms with Crippen LogP contribution in [0.3, 0.4) is 0 Å². The number of fused-ring (bicyclic) bond motifs is 1. The number of amides is 1. The monoisotopic (exact) mass is 396 g/mol. The minimum atomic E-state index is -0.231. The molecule has 1 aliphatic rings. The van der Waals surface area contributed by atoms with Gasteiger partial charge in [-0.2, -0.15) is 0 Å². The molecule has 1 aromatic heterocycles. The van der Waals surface area contributed by atoms with Gasteiger partial charge in [0.15, 0.2) is 0 Å². The first-order chi connectivity index (χ1) is 13.6. The Morgan fingerprint density at radius 1 is 1.29 bits per heavy atom. The number of methoxy groups -OCH3 is 1. The Hall–Kier alpha value is -2.92. The SMILES string of the molecule is COc1ccc(NC(=O)c2ccoc2CN2c3ccccc3CC2C)cc1Cl. The van der Waals surface area contributed by atoms with Crippen LogP contribution in [-0.4, -0.2) is 19.1 Å². The molecule has 0 spiro atoms. The first-order valence-corrected chi connectivity index (χ1v) is 9.50. The van der Waals surface area contributed by atoms with Gasteiger partial charge in [0.05, 0.1) is 30.5 Å². The number of benzene rings is 2. The zero-order chi connectivity index (χ0) is 19.7. The van der Waals surface area contributed by atoms with Crippen molar-refractivity contribution in [2.75, 3.05) is 17.3 Å². The number of hydrogen-bond donors (Lipinski definition) is 1. The van der Waals surface area contributed by atoms with Gasteiger partial charge in [-0.1, -0.05) is 29.8 Å². The highest BCUT2D eigenvalue weighted by Gasteiger charge is 2.28. The highest BCUT2D eigenvalue weighted by atomic mass is 35.5. The molecule has 1 N–H and O–H groups in total. The summed E-state index contributed by atoms with van der Waals surface area (Å²) in [5.41, 5.74) is 3.63. The smallest absolute Gasteiger partial charge is 0.259 e. The highest BCUT2D eigenvalue weighted by molar-refractivity contribution is 6.32. The van der Waals surface area contributed by atoms with Gasteiger partial charge in [-0.05, 0) is 49.2 Å². The maximum Gasteiger partial charge on any atom is 0.259 e. The molecule has 1 amide bonds. The van der Waals surface area contributed by atoms with Crippen molar-refractivity contribution in [2.24, 2.45) is 0 Å². The Bertz CT molecular complexity index is 1010. The van der Waals surface area contributed by atoms with Crippen LogP contribution in [0.25, 0.3) is 0 Å². The topological polar surface area (TPSA) is 54.7 Å². The van der Waals surface area contributed by atoms with Crippen LogP contribution < -0.4 is 15.0 Å². The molecule has 1 atom stereocenters. The first kappa shape index (κ1) is 18.4. The third-order valence-corrected chi connectivity index (χ3v) is 5.36. The molecular weight excluding hydrogens is 376 g/mol. The van der Waals surface area contributed by atoms with Gasteiger partial charge >= 0.3 is 0 Å². The van der Waals surface area contributed by atoms with Crippen LogP contribution in [0.4, 0.5) is 11.4 Å². The number of anilines is 2. The molecule has 0 fully saturated rings. The van der Waals surface area contributed by atoms with Crippen LogP contribution in [0.15, 0.2) is 59.2 Å². The van der Waals surface area contributed by atoms with Crippen molar-refractivity contribution >= 4 is 28.9 Å². The van der Waals surface area contributed by atoms with E-state index in [-0.39, 0.29) is 5.91 Å². The summed E-state index contributed by atoms with van der Waals surface area (Å²) in [5.74, 6) is 0.969. The zero-order valence-corrected chi connectivity index (χ0v) is 16.5. The predicted octanol–water partition coefficient (Wildman–Crippen LogP) is 5.15. The molecule has 5 nitrogen and oxygen atoms in total. The molecule has 0 saturated heterocycles. The molecule has 4 rings (SSSR count). The second kappa shape index (κ2) is 7.60. The molecule has 0 bridgehead atoms. The van der Waals surface area contributed by atoms with E-state index in [2.05, 4.69) is 35.3 Å². The van der Waals surface area contributed by atoms with Crippen LogP contribution in [0.2, 0.25) is 5.02 Å². The summed E-state index contributed by atoms with van der Waals surface area (Å²) in [6, 6.07) is 15.5. The van der Waals surface area contributed by atoms with Crippen molar-refractivity contribution in [2.45, 2.75) is 25.9 Å². The van der Waals surface area contributed by atoms with Crippen LogP contribution in [0.5, 0.6) is 5.75 Å². The summed E-state index contributed by atoms with van der Waals surface area (Å²) in [4.78, 5) is 15.1. The quantitative estimate of drug-likeness (QED) is 0.648. The third-order valence-electron chi connectivity index (χ3n) is 5.06. The lowest BCUT2D eigenvalue weighted by atomic mass is 10.1. The summed E-state index contributed by atoms with van der Waals surface area (Å²) in [5, 5.41) is 3.31. The summed E-state index contributed by atoms with van der Waals surface area (Å²) < 4.78 is 10.8. The first-order valence-electron chi connectivity index (χ1n) is 9.12. The Labute approximate surface area is 168 Å². The van der Waals surface area contributed by atoms with E-state index in [1.165, 1.54) is 11.3 Å². The van der Waals surface area contributed by atoms with E-state index in [0.29, 0.717) is 40.4 Å². The van der Waals surface area contributed by atoms with Crippen molar-refractivity contribution < 1.29 is 13.9 Å². The van der Waals surface area contributed by atoms with Gasteiger partial charge in [0, 0.05) is 17.4 Å². The zero-order valence-electron chi connectivity index (χ0n) is 15.7. The number of ether oxygens (including phenoxy) is 1. The van der Waals surface area contributed by atoms with Gasteiger partial charge in [0.2, 0.25) is 0 Å². The highest BCUT2D eigenvalue weighted by Crippen LogP contribution is 2.34. The number of carbonyl (C=O) groups is 1. The molecule has 0 saturated carbocycles. The lowest BCUT2D eigenvalue weighted by Crippen LogP contribution is -2.29. The number of rotatable bonds is 5. The number of furan rings is 1. The molecule has 2 heterocycles. The number of carbonyl (C=O) groups excluding carboxylic acids is 1. The molecule has 0 aliphatic carbocycles. The van der Waals surface area contributed by atoms with Crippen molar-refractivity contribution in [3.63, 3.8) is 0 Å². The lowest BCUT2D eigenvalue weighted by molar-refractivity contribution is 0.102. The standard InChI is InChI=1S/C22H21ClN2O3/c1-14-11-15-5-3-4-6-19(15)25(14)13-21-17(9-10-28-21)22(26)24-16-7-8-20(27-2)18(23)12-16/h3-10,12,14H,11,13H2,1-2H3,(H,24,26). The van der Waals surface area contributed by atoms with Crippen LogP contribution in [-0.2, 0) is 13.0 Å². The van der Waals surface area contributed by atoms with E-state index in [0.717, 1.165) is 6.42 Å². The summed E-state index contributed by atoms with van der Waals surface area (Å²) in [7, 11) is 1.55. The average Bonchev–Trinajstić information content (AvgIpc) is 3.27. The maximum atomic E-state index is 12.8. The molecule has 2 aromatic carbocycles. The number of para-hydroxylation sites is 1. The number of nitrogens with zero attached hydrogens (tertiary/aromatic N) is 1. The van der Waals surface area contributed by atoms with Gasteiger partial charge in [-0.3, -0.25) is 4.79 Å². The molecule has 28 heavy (non-hydrogen) atoms. The number of hydrogen-bond acceptors (Lipinski definition) is 4. The van der Waals surface area contributed by atoms with E-state index in [4.69, 9.17) is 20.8 Å². The van der Waals surface area contributed by atoms with Crippen LogP contribution in [0, 0.1) is 0 Å². The van der Waals surface area contributed by atoms with E-state index < -0.39 is 0 Å². The van der Waals surface area contributed by atoms with Gasteiger partial charge in [-0.15, -0.1) is 0 Å². The Morgan fingerprint density at radius 3 is 2.89 bits per heavy atom. The molecule has 1 unspecified atom stereocenters. The summed E-state index contributed by atoms with van der Waals surface area (Å²) in [6.07, 6.45) is 2.54. The second-order valence-electron chi connectivity index (χ2n) is 6.87. The second-order valence-corrected chi connectivity index (χ2v) is 7.28. The van der Waals surface area contributed by atoms with Gasteiger partial charge in [-0.25, -0.2) is 0 Å². The van der Waals surface area contributed by atoms with Crippen molar-refractivity contribution in [3.8, 4) is 5.75 Å². The largest absolute Gasteiger partial charge is 0.495 e. The molecule has 144 valence electrons. The van der Waals surface area contributed by atoms with Gasteiger partial charge in [0.1, 0.15) is 11.5 Å². The van der Waals surface area contributed by atoms with E-state index >= 15 is 0 Å². The van der Waals surface area contributed by atoms with Crippen molar-refractivity contribution in [1.82, 2.24) is 0 Å². The summed E-state index contributed by atoms with van der Waals surface area (Å²) >= 11 is 6.14. The fraction of sp³-hybridized carbons (Fsp3) is 0.227. The Morgan fingerprint density at radius 2 is 2.11 bits per heavy atom. The van der Waals surface area contributed by atoms with E-state index in [1.54, 1.807) is 37.6 Å². The Balaban J connectivity index is 1.53. The normalized spacial score (nSPS) is 15.4. The number of nitrogens with one attached hydrogen (secondary N) is 1. The fourth-order valence-electron chi connectivity index (χ4n) is 3.63. The van der Waals surface area contributed by atoms with Crippen molar-refractivity contribution in [1.29, 1.82) is 0 Å². The Kier molecular flexibility index (Phi) is 5.01. The third kappa shape index (κ3) is 3.45. The summed E-state index contributed by atoms with van der Waals surface area (Å²) in [6.45, 7) is 2.72. The van der Waals surface area contributed by atoms with Gasteiger partial charge in [0.25, 0.3) is 5.91 Å². The fourth-order valence-corrected chi connectivity index (χ4v) is 3.89. The number of halogens is 1. The molecule has 6 heteroatoms. The van der Waals surface area contributed by atoms with E-state index in [9.17, 15) is 4.79 Å². The predicted molar refractivity (Wildman–Crippen MR) is 110 cm³/mol. The van der Waals surface area contributed by atoms with Crippen LogP contribution >= 0.6 is 11.6 Å². The minimum absolute atomic E-state index is 0.231. The average molecular weight is 397 g/mol. The molecular formula is C22H21ClN2O3. The molecule has 1 aliphatic heterocycles. The van der Waals surface area contributed by atoms with Crippen molar-refractivity contribution in [3.05, 3.63) is 76.7 Å². The molecule has 0 radical (unpaired) electrons. The van der Waals surface area contributed by atoms with Crippen LogP contribution in [0.1, 0.15) is 28.6 Å². The lowest BCUT2D eigenvalue weighted by Gasteiger charge is -2.24. The molecule has 3 aromatic rings. The maximum absolute atomic E-state index is 12.8. The van der Waals surface area contributed by atoms with Gasteiger partial charge < -0.3 is 19.4 Å². The van der Waals surface area contributed by atoms with E-state index in [1.807, 2.05) is 6.07 Å². The minimum Gasteiger partial charge on any atom is -0.495 e.